The number of hydrogen-bond acceptors (Lipinski definition) is 1. The lowest BCUT2D eigenvalue weighted by molar-refractivity contribution is 0.620. The van der Waals surface area contributed by atoms with E-state index in [0.717, 1.165) is 11.4 Å². The zero-order valence-electron chi connectivity index (χ0n) is 8.25. The van der Waals surface area contributed by atoms with Crippen molar-refractivity contribution in [2.24, 2.45) is 0 Å². The second kappa shape index (κ2) is 4.97. The van der Waals surface area contributed by atoms with Gasteiger partial charge in [-0.25, -0.2) is 9.37 Å². The summed E-state index contributed by atoms with van der Waals surface area (Å²) in [6.45, 7) is 0. The molecular weight excluding hydrogens is 294 g/mol. The van der Waals surface area contributed by atoms with Crippen LogP contribution in [0.5, 0.6) is 0 Å². The van der Waals surface area contributed by atoms with Gasteiger partial charge < -0.3 is 4.98 Å². The molecule has 1 heterocycles. The molecule has 16 heavy (non-hydrogen) atoms. The van der Waals surface area contributed by atoms with Gasteiger partial charge in [0.2, 0.25) is 0 Å². The molecule has 0 aliphatic carbocycles. The van der Waals surface area contributed by atoms with Gasteiger partial charge in [0.25, 0.3) is 0 Å². The lowest BCUT2D eigenvalue weighted by Gasteiger charge is -2.08. The molecular formula is C11H9BrClFN2. The molecule has 0 radical (unpaired) electrons. The van der Waals surface area contributed by atoms with E-state index in [4.69, 9.17) is 11.6 Å². The number of H-pyrrole nitrogens is 1. The quantitative estimate of drug-likeness (QED) is 0.858. The number of hydrogen-bond donors (Lipinski definition) is 1. The average molecular weight is 304 g/mol. The van der Waals surface area contributed by atoms with Crippen LogP contribution >= 0.6 is 27.5 Å². The summed E-state index contributed by atoms with van der Waals surface area (Å²) in [5.74, 6) is 0.533. The van der Waals surface area contributed by atoms with E-state index in [-0.39, 0.29) is 11.2 Å². The van der Waals surface area contributed by atoms with Gasteiger partial charge in [0.15, 0.2) is 0 Å². The van der Waals surface area contributed by atoms with Gasteiger partial charge in [0.1, 0.15) is 11.6 Å². The topological polar surface area (TPSA) is 28.7 Å². The van der Waals surface area contributed by atoms with Gasteiger partial charge in [-0.15, -0.1) is 11.6 Å². The van der Waals surface area contributed by atoms with Crippen molar-refractivity contribution in [1.29, 1.82) is 0 Å². The summed E-state index contributed by atoms with van der Waals surface area (Å²) in [6.07, 6.45) is 4.02. The molecule has 1 aromatic heterocycles. The molecule has 0 bridgehead atoms. The first-order chi connectivity index (χ1) is 7.66. The maximum Gasteiger partial charge on any atom is 0.137 e. The van der Waals surface area contributed by atoms with Crippen LogP contribution in [0.15, 0.2) is 35.1 Å². The van der Waals surface area contributed by atoms with E-state index < -0.39 is 0 Å². The largest absolute Gasteiger partial charge is 0.349 e. The smallest absolute Gasteiger partial charge is 0.137 e. The predicted octanol–water partition coefficient (Wildman–Crippen LogP) is 3.83. The fraction of sp³-hybridized carbons (Fsp3) is 0.182. The highest BCUT2D eigenvalue weighted by Gasteiger charge is 2.12. The summed E-state index contributed by atoms with van der Waals surface area (Å²) in [6, 6.07) is 4.77. The molecule has 0 saturated heterocycles. The van der Waals surface area contributed by atoms with Gasteiger partial charge in [-0.2, -0.15) is 0 Å². The SMILES string of the molecule is Fc1ccc(C(Cl)Cc2ncc[nH]2)cc1Br. The molecule has 0 saturated carbocycles. The summed E-state index contributed by atoms with van der Waals surface area (Å²) in [5.41, 5.74) is 0.867. The summed E-state index contributed by atoms with van der Waals surface area (Å²) < 4.78 is 13.5. The Morgan fingerprint density at radius 3 is 2.94 bits per heavy atom. The minimum Gasteiger partial charge on any atom is -0.349 e. The van der Waals surface area contributed by atoms with E-state index in [2.05, 4.69) is 25.9 Å². The Kier molecular flexibility index (Phi) is 3.61. The standard InChI is InChI=1S/C11H9BrClFN2/c12-8-5-7(1-2-10(8)14)9(13)6-11-15-3-4-16-11/h1-5,9H,6H2,(H,15,16). The highest BCUT2D eigenvalue weighted by Crippen LogP contribution is 2.27. The predicted molar refractivity (Wildman–Crippen MR) is 65.0 cm³/mol. The fourth-order valence-electron chi connectivity index (χ4n) is 1.40. The van der Waals surface area contributed by atoms with Gasteiger partial charge in [0, 0.05) is 18.8 Å². The van der Waals surface area contributed by atoms with Crippen molar-refractivity contribution in [3.05, 3.63) is 52.3 Å². The van der Waals surface area contributed by atoms with Gasteiger partial charge >= 0.3 is 0 Å². The first-order valence-electron chi connectivity index (χ1n) is 4.74. The molecule has 1 N–H and O–H groups in total. The third-order valence-corrected chi connectivity index (χ3v) is 3.25. The van der Waals surface area contributed by atoms with Crippen LogP contribution in [0, 0.1) is 5.82 Å². The number of rotatable bonds is 3. The molecule has 84 valence electrons. The Morgan fingerprint density at radius 2 is 2.31 bits per heavy atom. The van der Waals surface area contributed by atoms with Crippen molar-refractivity contribution < 1.29 is 4.39 Å². The van der Waals surface area contributed by atoms with Crippen LogP contribution in [0.1, 0.15) is 16.8 Å². The number of alkyl halides is 1. The van der Waals surface area contributed by atoms with Crippen molar-refractivity contribution in [3.63, 3.8) is 0 Å². The number of benzene rings is 1. The van der Waals surface area contributed by atoms with Crippen molar-refractivity contribution in [2.75, 3.05) is 0 Å². The number of nitrogens with one attached hydrogen (secondary N) is 1. The summed E-state index contributed by atoms with van der Waals surface area (Å²) >= 11 is 9.35. The maximum absolute atomic E-state index is 13.0. The van der Waals surface area contributed by atoms with Crippen LogP contribution < -0.4 is 0 Å². The Balaban J connectivity index is 2.14. The third kappa shape index (κ3) is 2.62. The molecule has 0 amide bonds. The second-order valence-electron chi connectivity index (χ2n) is 3.38. The van der Waals surface area contributed by atoms with Gasteiger partial charge in [-0.05, 0) is 33.6 Å². The first kappa shape index (κ1) is 11.6. The molecule has 2 aromatic rings. The van der Waals surface area contributed by atoms with Gasteiger partial charge in [-0.1, -0.05) is 6.07 Å². The first-order valence-corrected chi connectivity index (χ1v) is 5.97. The molecule has 1 aromatic carbocycles. The van der Waals surface area contributed by atoms with E-state index in [9.17, 15) is 4.39 Å². The highest BCUT2D eigenvalue weighted by molar-refractivity contribution is 9.10. The summed E-state index contributed by atoms with van der Waals surface area (Å²) in [5, 5.41) is -0.219. The Morgan fingerprint density at radius 1 is 1.50 bits per heavy atom. The van der Waals surface area contributed by atoms with Crippen molar-refractivity contribution in [1.82, 2.24) is 9.97 Å². The van der Waals surface area contributed by atoms with E-state index in [1.807, 2.05) is 0 Å². The average Bonchev–Trinajstić information content (AvgIpc) is 2.74. The lowest BCUT2D eigenvalue weighted by Crippen LogP contribution is -1.98. The van der Waals surface area contributed by atoms with Crippen LogP contribution in [0.4, 0.5) is 4.39 Å². The molecule has 1 atom stereocenters. The molecule has 0 fully saturated rings. The summed E-state index contributed by atoms with van der Waals surface area (Å²) in [4.78, 5) is 7.08. The molecule has 2 nitrogen and oxygen atoms in total. The van der Waals surface area contributed by atoms with Crippen LogP contribution in [0.25, 0.3) is 0 Å². The minimum absolute atomic E-state index is 0.219. The number of imidazole rings is 1. The van der Waals surface area contributed by atoms with E-state index >= 15 is 0 Å². The van der Waals surface area contributed by atoms with E-state index in [0.29, 0.717) is 10.9 Å². The number of aromatic nitrogens is 2. The van der Waals surface area contributed by atoms with Gasteiger partial charge in [0.05, 0.1) is 9.85 Å². The van der Waals surface area contributed by atoms with Crippen LogP contribution in [0.3, 0.4) is 0 Å². The van der Waals surface area contributed by atoms with Crippen LogP contribution in [-0.2, 0) is 6.42 Å². The van der Waals surface area contributed by atoms with Crippen molar-refractivity contribution >= 4 is 27.5 Å². The maximum atomic E-state index is 13.0. The van der Waals surface area contributed by atoms with Crippen LogP contribution in [0.2, 0.25) is 0 Å². The lowest BCUT2D eigenvalue weighted by atomic mass is 10.1. The monoisotopic (exact) mass is 302 g/mol. The minimum atomic E-state index is -0.286. The molecule has 0 spiro atoms. The van der Waals surface area contributed by atoms with Crippen molar-refractivity contribution in [3.8, 4) is 0 Å². The Bertz CT molecular complexity index is 473. The number of nitrogens with zero attached hydrogens (tertiary/aromatic N) is 1. The zero-order chi connectivity index (χ0) is 11.5. The highest BCUT2D eigenvalue weighted by atomic mass is 79.9. The third-order valence-electron chi connectivity index (χ3n) is 2.23. The van der Waals surface area contributed by atoms with Crippen molar-refractivity contribution in [2.45, 2.75) is 11.8 Å². The number of halogens is 3. The number of aromatic amines is 1. The van der Waals surface area contributed by atoms with E-state index in [1.54, 1.807) is 24.5 Å². The molecule has 5 heteroatoms. The molecule has 0 aliphatic heterocycles. The summed E-state index contributed by atoms with van der Waals surface area (Å²) in [7, 11) is 0. The van der Waals surface area contributed by atoms with E-state index in [1.165, 1.54) is 6.07 Å². The Hall–Kier alpha value is -0.870. The van der Waals surface area contributed by atoms with Crippen LogP contribution in [-0.4, -0.2) is 9.97 Å². The molecule has 1 unspecified atom stereocenters. The Labute approximate surface area is 106 Å². The molecule has 2 rings (SSSR count). The second-order valence-corrected chi connectivity index (χ2v) is 4.76. The fourth-order valence-corrected chi connectivity index (χ4v) is 2.08. The van der Waals surface area contributed by atoms with Gasteiger partial charge in [-0.3, -0.25) is 0 Å². The molecule has 0 aliphatic rings. The normalized spacial score (nSPS) is 12.7. The zero-order valence-corrected chi connectivity index (χ0v) is 10.6.